The second-order valence-electron chi connectivity index (χ2n) is 10.3. The number of piperidine rings is 1. The van der Waals surface area contributed by atoms with Crippen LogP contribution in [0.3, 0.4) is 0 Å². The molecule has 0 radical (unpaired) electrons. The summed E-state index contributed by atoms with van der Waals surface area (Å²) in [5, 5.41) is 10.2. The van der Waals surface area contributed by atoms with Gasteiger partial charge in [0, 0.05) is 57.4 Å². The first-order valence-corrected chi connectivity index (χ1v) is 13.8. The third-order valence-electron chi connectivity index (χ3n) is 7.37. The summed E-state index contributed by atoms with van der Waals surface area (Å²) >= 11 is 0. The zero-order chi connectivity index (χ0) is 29.6. The molecule has 6 rings (SSSR count). The van der Waals surface area contributed by atoms with E-state index in [4.69, 9.17) is 18.9 Å². The quantitative estimate of drug-likeness (QED) is 0.482. The highest BCUT2D eigenvalue weighted by Crippen LogP contribution is 2.30. The first kappa shape index (κ1) is 28.8. The summed E-state index contributed by atoms with van der Waals surface area (Å²) < 4.78 is 24.8. The van der Waals surface area contributed by atoms with Gasteiger partial charge in [0.25, 0.3) is 11.8 Å². The molecule has 222 valence electrons. The molecule has 0 spiro atoms. The third kappa shape index (κ3) is 6.76. The number of rotatable bonds is 3. The van der Waals surface area contributed by atoms with Gasteiger partial charge in [-0.15, -0.1) is 0 Å². The summed E-state index contributed by atoms with van der Waals surface area (Å²) in [6.45, 7) is 0.673. The largest absolute Gasteiger partial charge is 0.496 e. The number of methoxy groups -OCH3 is 2. The molecule has 1 saturated heterocycles. The van der Waals surface area contributed by atoms with Crippen molar-refractivity contribution in [1.29, 1.82) is 0 Å². The van der Waals surface area contributed by atoms with Crippen LogP contribution >= 0.6 is 0 Å². The van der Waals surface area contributed by atoms with Crippen LogP contribution in [0.5, 0.6) is 23.0 Å². The lowest BCUT2D eigenvalue weighted by Gasteiger charge is -2.38. The van der Waals surface area contributed by atoms with E-state index >= 15 is 0 Å². The van der Waals surface area contributed by atoms with Crippen molar-refractivity contribution in [3.05, 3.63) is 65.5 Å². The van der Waals surface area contributed by atoms with Crippen LogP contribution in [0.25, 0.3) is 0 Å². The van der Waals surface area contributed by atoms with E-state index in [-0.39, 0.29) is 37.3 Å². The van der Waals surface area contributed by atoms with Crippen LogP contribution in [-0.4, -0.2) is 78.5 Å². The maximum absolute atomic E-state index is 13.2. The summed E-state index contributed by atoms with van der Waals surface area (Å²) in [5.74, 6) is 1.29. The number of hydrogen-bond acceptors (Lipinski definition) is 8. The molecule has 42 heavy (non-hydrogen) atoms. The minimum atomic E-state index is -0.525. The Balaban J connectivity index is 1.42. The molecule has 3 aromatic rings. The zero-order valence-electron chi connectivity index (χ0n) is 23.9. The average Bonchev–Trinajstić information content (AvgIpc) is 3.44. The first-order valence-electron chi connectivity index (χ1n) is 13.8. The smallest absolute Gasteiger partial charge is 0.274 e. The molecule has 2 N–H and O–H groups in total. The van der Waals surface area contributed by atoms with Gasteiger partial charge in [0.05, 0.1) is 20.3 Å². The van der Waals surface area contributed by atoms with Gasteiger partial charge >= 0.3 is 0 Å². The van der Waals surface area contributed by atoms with Crippen LogP contribution in [0.2, 0.25) is 0 Å². The number of amides is 3. The van der Waals surface area contributed by atoms with Gasteiger partial charge in [0.2, 0.25) is 5.91 Å². The van der Waals surface area contributed by atoms with Crippen LogP contribution < -0.4 is 29.6 Å². The average molecular weight is 578 g/mol. The standard InChI is InChI=1S/C30H35N5O7/c1-34-12-10-22(33-34)30(38)35-13-11-24-23(17-35)32-29(37)18-41-27-14-19(4-8-25(27)39-2)5-9-28(36)31-16-20-6-7-21(42-24)15-26(20)40-3/h4,6-8,10,12,14-15,23-24H,5,9,11,13,16-18H2,1-3H3,(H,31,36)(H,32,37)/t23-,24+/m1/s1. The molecule has 1 fully saturated rings. The van der Waals surface area contributed by atoms with Crippen molar-refractivity contribution in [3.63, 3.8) is 0 Å². The van der Waals surface area contributed by atoms with Crippen molar-refractivity contribution >= 4 is 17.7 Å². The fraction of sp³-hybridized carbons (Fsp3) is 0.400. The van der Waals surface area contributed by atoms with Crippen LogP contribution in [0, 0.1) is 0 Å². The summed E-state index contributed by atoms with van der Waals surface area (Å²) in [7, 11) is 4.84. The lowest BCUT2D eigenvalue weighted by molar-refractivity contribution is -0.125. The monoisotopic (exact) mass is 577 g/mol. The van der Waals surface area contributed by atoms with E-state index in [9.17, 15) is 14.4 Å². The minimum absolute atomic E-state index is 0.109. The van der Waals surface area contributed by atoms with Crippen molar-refractivity contribution in [1.82, 2.24) is 25.3 Å². The molecule has 2 atom stereocenters. The Bertz CT molecular complexity index is 1460. The number of nitrogens with one attached hydrogen (secondary N) is 2. The van der Waals surface area contributed by atoms with Crippen LogP contribution in [-0.2, 0) is 29.6 Å². The third-order valence-corrected chi connectivity index (χ3v) is 7.37. The molecule has 4 heterocycles. The van der Waals surface area contributed by atoms with Crippen LogP contribution in [0.1, 0.15) is 34.5 Å². The topological polar surface area (TPSA) is 133 Å². The lowest BCUT2D eigenvalue weighted by Crippen LogP contribution is -2.58. The number of aryl methyl sites for hydroxylation is 2. The Morgan fingerprint density at radius 2 is 1.86 bits per heavy atom. The molecular weight excluding hydrogens is 542 g/mol. The summed E-state index contributed by atoms with van der Waals surface area (Å²) in [6, 6.07) is 11.9. The second-order valence-corrected chi connectivity index (χ2v) is 10.3. The highest BCUT2D eigenvalue weighted by molar-refractivity contribution is 5.92. The number of fused-ring (bicyclic) bond motifs is 9. The van der Waals surface area contributed by atoms with E-state index in [2.05, 4.69) is 15.7 Å². The summed E-state index contributed by atoms with van der Waals surface area (Å²) in [4.78, 5) is 40.6. The van der Waals surface area contributed by atoms with Crippen molar-refractivity contribution in [2.45, 2.75) is 38.0 Å². The molecule has 3 amide bonds. The number of nitrogens with zero attached hydrogens (tertiary/aromatic N) is 3. The highest BCUT2D eigenvalue weighted by atomic mass is 16.5. The molecule has 2 aromatic carbocycles. The molecule has 0 saturated carbocycles. The molecule has 4 bridgehead atoms. The second kappa shape index (κ2) is 12.8. The molecular formula is C30H35N5O7. The molecule has 0 unspecified atom stereocenters. The van der Waals surface area contributed by atoms with Gasteiger partial charge in [-0.3, -0.25) is 19.1 Å². The van der Waals surface area contributed by atoms with Gasteiger partial charge < -0.3 is 34.5 Å². The lowest BCUT2D eigenvalue weighted by atomic mass is 10.0. The molecule has 3 aliphatic rings. The molecule has 0 aliphatic carbocycles. The van der Waals surface area contributed by atoms with Gasteiger partial charge in [-0.05, 0) is 42.3 Å². The van der Waals surface area contributed by atoms with Crippen LogP contribution in [0.4, 0.5) is 0 Å². The Labute approximate surface area is 243 Å². The zero-order valence-corrected chi connectivity index (χ0v) is 23.9. The van der Waals surface area contributed by atoms with Gasteiger partial charge in [-0.25, -0.2) is 0 Å². The Morgan fingerprint density at radius 1 is 1.02 bits per heavy atom. The SMILES string of the molecule is COc1cc2ccc1CNC(=O)CCc1ccc(OC)c(c1)OCC(=O)N[C@@H]1CN(C(=O)c3ccn(C)n3)CC[C@@H]1O2. The van der Waals surface area contributed by atoms with E-state index in [1.54, 1.807) is 54.2 Å². The van der Waals surface area contributed by atoms with Gasteiger partial charge in [0.1, 0.15) is 23.3 Å². The van der Waals surface area contributed by atoms with Gasteiger partial charge in [-0.1, -0.05) is 6.07 Å². The number of carbonyl (C=O) groups is 3. The molecule has 1 aromatic heterocycles. The van der Waals surface area contributed by atoms with Crippen LogP contribution in [0.15, 0.2) is 48.7 Å². The van der Waals surface area contributed by atoms with E-state index in [1.165, 1.54) is 7.11 Å². The molecule has 12 heteroatoms. The predicted octanol–water partition coefficient (Wildman–Crippen LogP) is 1.86. The normalized spacial score (nSPS) is 19.5. The van der Waals surface area contributed by atoms with Gasteiger partial charge in [-0.2, -0.15) is 5.10 Å². The van der Waals surface area contributed by atoms with Crippen molar-refractivity contribution in [2.24, 2.45) is 7.05 Å². The fourth-order valence-electron chi connectivity index (χ4n) is 5.13. The minimum Gasteiger partial charge on any atom is -0.496 e. The van der Waals surface area contributed by atoms with Crippen molar-refractivity contribution in [2.75, 3.05) is 33.9 Å². The number of hydrogen-bond donors (Lipinski definition) is 2. The fourth-order valence-corrected chi connectivity index (χ4v) is 5.13. The number of carbonyl (C=O) groups excluding carboxylic acids is 3. The summed E-state index contributed by atoms with van der Waals surface area (Å²) in [5.41, 5.74) is 2.00. The molecule has 12 nitrogen and oxygen atoms in total. The Hall–Kier alpha value is -4.74. The first-order chi connectivity index (χ1) is 20.3. The van der Waals surface area contributed by atoms with Crippen molar-refractivity contribution in [3.8, 4) is 23.0 Å². The van der Waals surface area contributed by atoms with E-state index in [1.807, 2.05) is 18.2 Å². The van der Waals surface area contributed by atoms with Crippen molar-refractivity contribution < 1.29 is 33.3 Å². The Morgan fingerprint density at radius 3 is 2.62 bits per heavy atom. The number of aromatic nitrogens is 2. The maximum Gasteiger partial charge on any atom is 0.274 e. The number of likely N-dealkylation sites (tertiary alicyclic amines) is 1. The number of ether oxygens (including phenoxy) is 4. The maximum atomic E-state index is 13.2. The van der Waals surface area contributed by atoms with E-state index in [0.29, 0.717) is 54.6 Å². The highest BCUT2D eigenvalue weighted by Gasteiger charge is 2.35. The molecule has 3 aliphatic heterocycles. The Kier molecular flexibility index (Phi) is 8.80. The predicted molar refractivity (Wildman–Crippen MR) is 152 cm³/mol. The van der Waals surface area contributed by atoms with E-state index in [0.717, 1.165) is 11.1 Å². The number of benzene rings is 2. The van der Waals surface area contributed by atoms with Gasteiger partial charge in [0.15, 0.2) is 18.1 Å². The summed E-state index contributed by atoms with van der Waals surface area (Å²) in [6.07, 6.45) is 2.50. The van der Waals surface area contributed by atoms with E-state index < -0.39 is 12.1 Å².